The molecule has 37 heavy (non-hydrogen) atoms. The van der Waals surface area contributed by atoms with Crippen LogP contribution in [0, 0.1) is 0 Å². The zero-order valence-electron chi connectivity index (χ0n) is 19.7. The molecule has 0 aliphatic carbocycles. The summed E-state index contributed by atoms with van der Waals surface area (Å²) in [6.07, 6.45) is -1.17. The summed E-state index contributed by atoms with van der Waals surface area (Å²) in [7, 11) is 1.59. The van der Waals surface area contributed by atoms with Crippen LogP contribution >= 0.6 is 0 Å². The minimum Gasteiger partial charge on any atom is -0.473 e. The van der Waals surface area contributed by atoms with Gasteiger partial charge in [-0.15, -0.1) is 0 Å². The van der Waals surface area contributed by atoms with E-state index in [9.17, 15) is 18.0 Å². The molecule has 5 rings (SSSR count). The van der Waals surface area contributed by atoms with E-state index in [1.165, 1.54) is 11.6 Å². The first-order valence-corrected chi connectivity index (χ1v) is 11.4. The molecule has 0 N–H and O–H groups in total. The van der Waals surface area contributed by atoms with Gasteiger partial charge >= 0.3 is 11.9 Å². The van der Waals surface area contributed by atoms with Crippen molar-refractivity contribution in [2.75, 3.05) is 7.05 Å². The SMILES string of the molecule is CN=Cc1cc(COc2cc3n(c(=O)n2)CCc2ccccc2-3)ccc1Oc1ccc(C(F)(F)F)nc1. The standard InChI is InChI=1S/C27H21F3N4O3/c1-31-14-19-12-17(6-8-23(19)37-20-7-9-24(32-15-20)27(28,29)30)16-36-25-13-22-21-5-3-2-4-18(21)10-11-34(22)26(35)33-25/h2-9,12-15H,10-11,16H2,1H3. The molecule has 0 radical (unpaired) electrons. The Kier molecular flexibility index (Phi) is 6.47. The number of halogens is 3. The summed E-state index contributed by atoms with van der Waals surface area (Å²) >= 11 is 0. The topological polar surface area (TPSA) is 78.6 Å². The number of benzene rings is 2. The molecule has 0 unspecified atom stereocenters. The first kappa shape index (κ1) is 24.2. The van der Waals surface area contributed by atoms with Gasteiger partial charge in [0.1, 0.15) is 23.8 Å². The first-order valence-electron chi connectivity index (χ1n) is 11.4. The maximum absolute atomic E-state index is 12.8. The second kappa shape index (κ2) is 9.88. The Hall–Kier alpha value is -4.47. The Bertz CT molecular complexity index is 1530. The van der Waals surface area contributed by atoms with Gasteiger partial charge in [0.15, 0.2) is 0 Å². The van der Waals surface area contributed by atoms with E-state index in [4.69, 9.17) is 9.47 Å². The molecule has 3 heterocycles. The maximum atomic E-state index is 12.8. The van der Waals surface area contributed by atoms with E-state index in [0.717, 1.165) is 35.5 Å². The number of hydrogen-bond acceptors (Lipinski definition) is 6. The molecule has 2 aromatic heterocycles. The first-order chi connectivity index (χ1) is 17.8. The Morgan fingerprint density at radius 3 is 2.70 bits per heavy atom. The van der Waals surface area contributed by atoms with E-state index in [1.807, 2.05) is 24.3 Å². The summed E-state index contributed by atoms with van der Waals surface area (Å²) < 4.78 is 51.5. The van der Waals surface area contributed by atoms with Crippen LogP contribution in [-0.4, -0.2) is 27.8 Å². The van der Waals surface area contributed by atoms with Crippen molar-refractivity contribution in [3.05, 3.63) is 99.7 Å². The van der Waals surface area contributed by atoms with Crippen LogP contribution in [0.15, 0.2) is 76.6 Å². The van der Waals surface area contributed by atoms with Gasteiger partial charge in [0, 0.05) is 37.0 Å². The Morgan fingerprint density at radius 1 is 1.11 bits per heavy atom. The predicted molar refractivity (Wildman–Crippen MR) is 131 cm³/mol. The van der Waals surface area contributed by atoms with Crippen molar-refractivity contribution in [1.82, 2.24) is 14.5 Å². The molecule has 0 amide bonds. The molecule has 188 valence electrons. The van der Waals surface area contributed by atoms with Gasteiger partial charge in [-0.3, -0.25) is 9.56 Å². The number of hydrogen-bond donors (Lipinski definition) is 0. The monoisotopic (exact) mass is 506 g/mol. The van der Waals surface area contributed by atoms with Crippen LogP contribution in [0.5, 0.6) is 17.4 Å². The van der Waals surface area contributed by atoms with Crippen molar-refractivity contribution >= 4 is 6.21 Å². The van der Waals surface area contributed by atoms with Gasteiger partial charge < -0.3 is 9.47 Å². The van der Waals surface area contributed by atoms with Crippen molar-refractivity contribution in [2.45, 2.75) is 25.7 Å². The van der Waals surface area contributed by atoms with Gasteiger partial charge in [-0.25, -0.2) is 9.78 Å². The number of nitrogens with zero attached hydrogens (tertiary/aromatic N) is 4. The molecule has 7 nitrogen and oxygen atoms in total. The highest BCUT2D eigenvalue weighted by atomic mass is 19.4. The lowest BCUT2D eigenvalue weighted by molar-refractivity contribution is -0.141. The van der Waals surface area contributed by atoms with Gasteiger partial charge in [0.2, 0.25) is 5.88 Å². The molecule has 0 saturated heterocycles. The molecule has 0 atom stereocenters. The third-order valence-electron chi connectivity index (χ3n) is 5.87. The number of rotatable bonds is 6. The average Bonchev–Trinajstić information content (AvgIpc) is 2.88. The highest BCUT2D eigenvalue weighted by Gasteiger charge is 2.32. The molecular formula is C27H21F3N4O3. The van der Waals surface area contributed by atoms with E-state index in [0.29, 0.717) is 17.9 Å². The summed E-state index contributed by atoms with van der Waals surface area (Å²) in [6, 6.07) is 17.0. The van der Waals surface area contributed by atoms with Gasteiger partial charge in [-0.05, 0) is 41.8 Å². The van der Waals surface area contributed by atoms with Crippen molar-refractivity contribution in [2.24, 2.45) is 4.99 Å². The highest BCUT2D eigenvalue weighted by Crippen LogP contribution is 2.31. The lowest BCUT2D eigenvalue weighted by Gasteiger charge is -2.21. The number of aliphatic imine (C=N–C) groups is 1. The van der Waals surface area contributed by atoms with Gasteiger partial charge in [0.05, 0.1) is 11.9 Å². The second-order valence-corrected chi connectivity index (χ2v) is 8.35. The molecule has 0 fully saturated rings. The van der Waals surface area contributed by atoms with Crippen LogP contribution in [0.4, 0.5) is 13.2 Å². The fourth-order valence-electron chi connectivity index (χ4n) is 4.13. The molecular weight excluding hydrogens is 485 g/mol. The third kappa shape index (κ3) is 5.23. The van der Waals surface area contributed by atoms with Crippen LogP contribution in [0.25, 0.3) is 11.3 Å². The normalized spacial score (nSPS) is 12.8. The van der Waals surface area contributed by atoms with Crippen LogP contribution in [0.3, 0.4) is 0 Å². The molecule has 10 heteroatoms. The smallest absolute Gasteiger partial charge is 0.433 e. The summed E-state index contributed by atoms with van der Waals surface area (Å²) in [5.74, 6) is 0.759. The number of fused-ring (bicyclic) bond motifs is 3. The lowest BCUT2D eigenvalue weighted by Crippen LogP contribution is -2.28. The average molecular weight is 506 g/mol. The Balaban J connectivity index is 1.35. The van der Waals surface area contributed by atoms with E-state index < -0.39 is 11.9 Å². The van der Waals surface area contributed by atoms with Gasteiger partial charge in [0.25, 0.3) is 0 Å². The molecule has 1 aliphatic rings. The number of ether oxygens (including phenoxy) is 2. The van der Waals surface area contributed by atoms with Crippen molar-refractivity contribution < 1.29 is 22.6 Å². The summed E-state index contributed by atoms with van der Waals surface area (Å²) in [4.78, 5) is 24.1. The van der Waals surface area contributed by atoms with Crippen molar-refractivity contribution in [3.8, 4) is 28.6 Å². The van der Waals surface area contributed by atoms with E-state index >= 15 is 0 Å². The number of aromatic nitrogens is 3. The van der Waals surface area contributed by atoms with Crippen LogP contribution in [0.2, 0.25) is 0 Å². The second-order valence-electron chi connectivity index (χ2n) is 8.35. The predicted octanol–water partition coefficient (Wildman–Crippen LogP) is 5.30. The van der Waals surface area contributed by atoms with Gasteiger partial charge in [-0.1, -0.05) is 30.3 Å². The molecule has 0 bridgehead atoms. The molecule has 0 spiro atoms. The summed E-state index contributed by atoms with van der Waals surface area (Å²) in [5, 5.41) is 0. The fourth-order valence-corrected chi connectivity index (χ4v) is 4.13. The summed E-state index contributed by atoms with van der Waals surface area (Å²) in [5.41, 5.74) is 2.91. The van der Waals surface area contributed by atoms with Crippen LogP contribution in [-0.2, 0) is 25.7 Å². The largest absolute Gasteiger partial charge is 0.473 e. The van der Waals surface area contributed by atoms with E-state index in [2.05, 4.69) is 15.0 Å². The number of aryl methyl sites for hydroxylation is 1. The quantitative estimate of drug-likeness (QED) is 0.332. The molecule has 2 aromatic carbocycles. The molecule has 1 aliphatic heterocycles. The Labute approximate surface area is 209 Å². The number of alkyl halides is 3. The lowest BCUT2D eigenvalue weighted by atomic mass is 9.98. The molecule has 4 aromatic rings. The van der Waals surface area contributed by atoms with Gasteiger partial charge in [-0.2, -0.15) is 18.2 Å². The van der Waals surface area contributed by atoms with E-state index in [1.54, 1.807) is 42.1 Å². The zero-order valence-corrected chi connectivity index (χ0v) is 19.7. The van der Waals surface area contributed by atoms with Crippen molar-refractivity contribution in [1.29, 1.82) is 0 Å². The summed E-state index contributed by atoms with van der Waals surface area (Å²) in [6.45, 7) is 0.693. The van der Waals surface area contributed by atoms with Crippen LogP contribution < -0.4 is 15.2 Å². The fraction of sp³-hybridized carbons (Fsp3) is 0.185. The third-order valence-corrected chi connectivity index (χ3v) is 5.87. The molecule has 0 saturated carbocycles. The minimum absolute atomic E-state index is 0.129. The minimum atomic E-state index is -4.53. The zero-order chi connectivity index (χ0) is 26.0. The maximum Gasteiger partial charge on any atom is 0.433 e. The number of pyridine rings is 1. The van der Waals surface area contributed by atoms with Crippen LogP contribution in [0.1, 0.15) is 22.4 Å². The Morgan fingerprint density at radius 2 is 1.95 bits per heavy atom. The van der Waals surface area contributed by atoms with E-state index in [-0.39, 0.29) is 23.9 Å². The highest BCUT2D eigenvalue weighted by molar-refractivity contribution is 5.84. The van der Waals surface area contributed by atoms with Crippen molar-refractivity contribution in [3.63, 3.8) is 0 Å².